The number of carbonyl (C=O) groups excluding carboxylic acids is 1. The van der Waals surface area contributed by atoms with Gasteiger partial charge in [0.2, 0.25) is 10.0 Å². The monoisotopic (exact) mass is 550 g/mol. The first-order valence-corrected chi connectivity index (χ1v) is 15.0. The first-order valence-electron chi connectivity index (χ1n) is 12.7. The number of hydrogen-bond donors (Lipinski definition) is 1. The summed E-state index contributed by atoms with van der Waals surface area (Å²) < 4.78 is 32.0. The number of piperidine rings is 1. The van der Waals surface area contributed by atoms with Gasteiger partial charge in [0.1, 0.15) is 0 Å². The number of sulfonamides is 1. The minimum Gasteiger partial charge on any atom is -0.381 e. The van der Waals surface area contributed by atoms with Gasteiger partial charge in [-0.1, -0.05) is 17.7 Å². The van der Waals surface area contributed by atoms with Gasteiger partial charge in [-0.3, -0.25) is 9.62 Å². The number of carbonyl (C=O) groups is 1. The molecule has 2 unspecified atom stereocenters. The zero-order chi connectivity index (χ0) is 26.3. The van der Waals surface area contributed by atoms with Crippen LogP contribution in [-0.2, 0) is 21.3 Å². The van der Waals surface area contributed by atoms with Crippen molar-refractivity contribution < 1.29 is 17.9 Å². The van der Waals surface area contributed by atoms with Crippen LogP contribution in [0.5, 0.6) is 0 Å². The third-order valence-corrected chi connectivity index (χ3v) is 8.72. The van der Waals surface area contributed by atoms with Crippen molar-refractivity contribution in [2.24, 2.45) is 11.8 Å². The van der Waals surface area contributed by atoms with Crippen LogP contribution in [0.1, 0.15) is 25.3 Å². The van der Waals surface area contributed by atoms with E-state index < -0.39 is 10.0 Å². The number of amides is 1. The first-order chi connectivity index (χ1) is 17.6. The summed E-state index contributed by atoms with van der Waals surface area (Å²) >= 11 is 6.60. The van der Waals surface area contributed by atoms with Gasteiger partial charge in [-0.05, 0) is 44.5 Å². The van der Waals surface area contributed by atoms with E-state index in [2.05, 4.69) is 38.8 Å². The number of rotatable bonds is 6. The molecule has 1 aromatic carbocycles. The average Bonchev–Trinajstić information content (AvgIpc) is 3.55. The fourth-order valence-electron chi connectivity index (χ4n) is 5.84. The van der Waals surface area contributed by atoms with Gasteiger partial charge in [-0.2, -0.15) is 4.68 Å². The van der Waals surface area contributed by atoms with Crippen molar-refractivity contribution in [1.82, 2.24) is 19.6 Å². The molecular formula is C25H35ClN6O4S. The quantitative estimate of drug-likeness (QED) is 0.590. The number of nitrogens with zero attached hydrogens (tertiary/aromatic N) is 5. The van der Waals surface area contributed by atoms with E-state index >= 15 is 0 Å². The SMILES string of the molecule is C[C@@H]1C[C@H](N(C)Cc2ccc(Cl)c(N3CC4COCC4C3)c2)CCN1C(=O)n1ccc(NS(C)(=O)=O)n1. The lowest BCUT2D eigenvalue weighted by molar-refractivity contribution is 0.0978. The van der Waals surface area contributed by atoms with Crippen molar-refractivity contribution in [3.63, 3.8) is 0 Å². The van der Waals surface area contributed by atoms with Crippen LogP contribution in [0.25, 0.3) is 0 Å². The number of likely N-dealkylation sites (tertiary alicyclic amines) is 1. The zero-order valence-corrected chi connectivity index (χ0v) is 23.1. The van der Waals surface area contributed by atoms with Gasteiger partial charge in [0.25, 0.3) is 0 Å². The molecule has 37 heavy (non-hydrogen) atoms. The van der Waals surface area contributed by atoms with E-state index in [1.165, 1.54) is 22.5 Å². The highest BCUT2D eigenvalue weighted by atomic mass is 35.5. The minimum absolute atomic E-state index is 0.0243. The molecule has 0 saturated carbocycles. The summed E-state index contributed by atoms with van der Waals surface area (Å²) in [5.41, 5.74) is 2.34. The Labute approximate surface area is 223 Å². The molecule has 3 aliphatic heterocycles. The van der Waals surface area contributed by atoms with E-state index in [-0.39, 0.29) is 17.9 Å². The highest BCUT2D eigenvalue weighted by Crippen LogP contribution is 2.36. The third kappa shape index (κ3) is 5.89. The molecule has 10 nitrogen and oxygen atoms in total. The molecule has 0 bridgehead atoms. The second-order valence-electron chi connectivity index (χ2n) is 10.7. The van der Waals surface area contributed by atoms with Crippen LogP contribution in [0.3, 0.4) is 0 Å². The number of halogens is 1. The van der Waals surface area contributed by atoms with Crippen molar-refractivity contribution in [1.29, 1.82) is 0 Å². The Hall–Kier alpha value is -2.34. The molecule has 202 valence electrons. The van der Waals surface area contributed by atoms with E-state index in [9.17, 15) is 13.2 Å². The van der Waals surface area contributed by atoms with Gasteiger partial charge < -0.3 is 14.5 Å². The van der Waals surface area contributed by atoms with E-state index in [0.29, 0.717) is 24.4 Å². The smallest absolute Gasteiger partial charge is 0.344 e. The Morgan fingerprint density at radius 1 is 1.24 bits per heavy atom. The largest absolute Gasteiger partial charge is 0.381 e. The Kier molecular flexibility index (Phi) is 7.41. The van der Waals surface area contributed by atoms with Gasteiger partial charge >= 0.3 is 6.03 Å². The van der Waals surface area contributed by atoms with Crippen LogP contribution in [0.2, 0.25) is 5.02 Å². The lowest BCUT2D eigenvalue weighted by Crippen LogP contribution is -2.51. The predicted octanol–water partition coefficient (Wildman–Crippen LogP) is 2.94. The summed E-state index contributed by atoms with van der Waals surface area (Å²) in [6.07, 6.45) is 4.22. The normalized spacial score (nSPS) is 26.1. The Morgan fingerprint density at radius 2 is 1.97 bits per heavy atom. The molecule has 0 radical (unpaired) electrons. The molecule has 1 aromatic heterocycles. The van der Waals surface area contributed by atoms with Gasteiger partial charge in [0, 0.05) is 62.4 Å². The molecule has 4 atom stereocenters. The van der Waals surface area contributed by atoms with E-state index in [0.717, 1.165) is 62.7 Å². The summed E-state index contributed by atoms with van der Waals surface area (Å²) in [5.74, 6) is 1.33. The van der Waals surface area contributed by atoms with Crippen LogP contribution in [-0.4, -0.2) is 92.3 Å². The molecular weight excluding hydrogens is 516 g/mol. The molecule has 1 N–H and O–H groups in total. The predicted molar refractivity (Wildman–Crippen MR) is 144 cm³/mol. The van der Waals surface area contributed by atoms with Crippen molar-refractivity contribution in [2.45, 2.75) is 38.4 Å². The Bertz CT molecular complexity index is 1240. The highest BCUT2D eigenvalue weighted by molar-refractivity contribution is 7.92. The maximum absolute atomic E-state index is 13.0. The molecule has 12 heteroatoms. The summed E-state index contributed by atoms with van der Waals surface area (Å²) in [5, 5.41) is 4.88. The van der Waals surface area contributed by atoms with Crippen LogP contribution in [0.15, 0.2) is 30.5 Å². The standard InChI is InChI=1S/C25H35ClN6O4S/c1-17-10-21(6-8-31(17)25(33)32-9-7-24(27-32)28-37(3,34)35)29(2)12-18-4-5-22(26)23(11-18)30-13-19-15-36-16-20(19)14-30/h4-5,7,9,11,17,19-21H,6,8,10,12-16H2,1-3H3,(H,27,28)/t17-,19?,20?,21-/m1/s1. The number of nitrogens with one attached hydrogen (secondary N) is 1. The second kappa shape index (κ2) is 10.4. The van der Waals surface area contributed by atoms with Crippen molar-refractivity contribution in [3.05, 3.63) is 41.0 Å². The number of benzene rings is 1. The number of fused-ring (bicyclic) bond motifs is 1. The molecule has 5 rings (SSSR count). The van der Waals surface area contributed by atoms with Crippen molar-refractivity contribution >= 4 is 39.2 Å². The Balaban J connectivity index is 1.18. The van der Waals surface area contributed by atoms with E-state index in [4.69, 9.17) is 16.3 Å². The second-order valence-corrected chi connectivity index (χ2v) is 12.8. The maximum Gasteiger partial charge on any atom is 0.344 e. The number of aromatic nitrogens is 2. The van der Waals surface area contributed by atoms with Crippen LogP contribution in [0.4, 0.5) is 16.3 Å². The maximum atomic E-state index is 13.0. The average molecular weight is 551 g/mol. The van der Waals surface area contributed by atoms with Gasteiger partial charge in [0.15, 0.2) is 5.82 Å². The van der Waals surface area contributed by atoms with Crippen molar-refractivity contribution in [2.75, 3.05) is 55.8 Å². The van der Waals surface area contributed by atoms with Crippen LogP contribution < -0.4 is 9.62 Å². The van der Waals surface area contributed by atoms with E-state index in [1.54, 1.807) is 4.90 Å². The van der Waals surface area contributed by atoms with Crippen LogP contribution in [0, 0.1) is 11.8 Å². The Morgan fingerprint density at radius 3 is 2.65 bits per heavy atom. The van der Waals surface area contributed by atoms with Crippen molar-refractivity contribution in [3.8, 4) is 0 Å². The molecule has 2 aromatic rings. The molecule has 0 spiro atoms. The zero-order valence-electron chi connectivity index (χ0n) is 21.5. The fourth-order valence-corrected chi connectivity index (χ4v) is 6.56. The molecule has 3 aliphatic rings. The van der Waals surface area contributed by atoms with Gasteiger partial charge in [0.05, 0.1) is 30.2 Å². The molecule has 3 fully saturated rings. The summed E-state index contributed by atoms with van der Waals surface area (Å²) in [6.45, 7) is 7.14. The van der Waals surface area contributed by atoms with Crippen LogP contribution >= 0.6 is 11.6 Å². The minimum atomic E-state index is -3.45. The molecule has 0 aliphatic carbocycles. The summed E-state index contributed by atoms with van der Waals surface area (Å²) in [7, 11) is -1.32. The molecule has 3 saturated heterocycles. The molecule has 1 amide bonds. The fraction of sp³-hybridized carbons (Fsp3) is 0.600. The topological polar surface area (TPSA) is 100 Å². The third-order valence-electron chi connectivity index (χ3n) is 7.82. The van der Waals surface area contributed by atoms with Gasteiger partial charge in [-0.15, -0.1) is 5.10 Å². The number of ether oxygens (including phenoxy) is 1. The lowest BCUT2D eigenvalue weighted by Gasteiger charge is -2.41. The van der Waals surface area contributed by atoms with E-state index in [1.807, 2.05) is 13.0 Å². The first kappa shape index (κ1) is 26.3. The lowest BCUT2D eigenvalue weighted by atomic mass is 9.97. The van der Waals surface area contributed by atoms with Gasteiger partial charge in [-0.25, -0.2) is 13.2 Å². The summed E-state index contributed by atoms with van der Waals surface area (Å²) in [4.78, 5) is 19.6. The highest BCUT2D eigenvalue weighted by Gasteiger charge is 2.38. The summed E-state index contributed by atoms with van der Waals surface area (Å²) in [6, 6.07) is 7.92. The number of hydrogen-bond acceptors (Lipinski definition) is 7. The number of anilines is 2. The molecule has 4 heterocycles.